The van der Waals surface area contributed by atoms with E-state index in [1.165, 1.54) is 0 Å². The summed E-state index contributed by atoms with van der Waals surface area (Å²) >= 11 is 0. The van der Waals surface area contributed by atoms with Crippen molar-refractivity contribution in [3.05, 3.63) is 79.1 Å². The lowest BCUT2D eigenvalue weighted by Crippen LogP contribution is -2.29. The second-order valence-electron chi connectivity index (χ2n) is 9.31. The fourth-order valence-corrected chi connectivity index (χ4v) is 4.72. The van der Waals surface area contributed by atoms with Gasteiger partial charge in [-0.05, 0) is 62.7 Å². The van der Waals surface area contributed by atoms with Gasteiger partial charge in [-0.1, -0.05) is 30.3 Å². The monoisotopic (exact) mass is 505 g/mol. The van der Waals surface area contributed by atoms with Crippen LogP contribution in [0.1, 0.15) is 20.8 Å². The summed E-state index contributed by atoms with van der Waals surface area (Å²) in [6.45, 7) is 6.92. The number of anilines is 1. The zero-order valence-corrected chi connectivity index (χ0v) is 21.7. The maximum absolute atomic E-state index is 12.4. The number of sulfonamides is 1. The lowest BCUT2D eigenvalue weighted by Gasteiger charge is -2.18. The number of benzene rings is 2. The van der Waals surface area contributed by atoms with Crippen LogP contribution in [0.3, 0.4) is 0 Å². The number of nitrogens with one attached hydrogen (secondary N) is 2. The zero-order valence-electron chi connectivity index (χ0n) is 20.9. The van der Waals surface area contributed by atoms with Crippen molar-refractivity contribution in [3.63, 3.8) is 0 Å². The third-order valence-electron chi connectivity index (χ3n) is 5.59. The minimum absolute atomic E-state index is 0.199. The molecule has 0 aliphatic carbocycles. The quantitative estimate of drug-likeness (QED) is 0.318. The van der Waals surface area contributed by atoms with Gasteiger partial charge in [-0.15, -0.1) is 0 Å². The summed E-state index contributed by atoms with van der Waals surface area (Å²) in [5.41, 5.74) is 3.51. The molecule has 0 atom stereocenters. The van der Waals surface area contributed by atoms with Crippen LogP contribution in [0, 0.1) is 0 Å². The van der Waals surface area contributed by atoms with E-state index in [1.54, 1.807) is 43.6 Å². The Morgan fingerprint density at radius 2 is 1.72 bits per heavy atom. The molecule has 2 heterocycles. The molecular formula is C27H31N5O3S. The summed E-state index contributed by atoms with van der Waals surface area (Å²) in [5, 5.41) is 8.12. The van der Waals surface area contributed by atoms with E-state index in [1.807, 2.05) is 47.3 Å². The maximum atomic E-state index is 12.4. The van der Waals surface area contributed by atoms with Gasteiger partial charge in [0.25, 0.3) is 0 Å². The third kappa shape index (κ3) is 5.92. The molecule has 2 N–H and O–H groups in total. The van der Waals surface area contributed by atoms with E-state index < -0.39 is 10.0 Å². The van der Waals surface area contributed by atoms with Crippen molar-refractivity contribution in [1.29, 1.82) is 0 Å². The molecule has 2 aromatic heterocycles. The standard InChI is InChI=1S/C27H31N5O3S/c1-27(2,3)32-19-24(26(31-32)21-9-8-10-22(17-21)35-4)20-13-14-28-25(18-20)29-15-16-30-36(33,34)23-11-6-5-7-12-23/h5-14,17-19,30H,15-16H2,1-4H3,(H,28,29). The number of rotatable bonds is 9. The number of ether oxygens (including phenoxy) is 1. The summed E-state index contributed by atoms with van der Waals surface area (Å²) < 4.78 is 34.8. The van der Waals surface area contributed by atoms with Gasteiger partial charge in [-0.3, -0.25) is 4.68 Å². The molecule has 4 rings (SSSR count). The number of aromatic nitrogens is 3. The fraction of sp³-hybridized carbons (Fsp3) is 0.259. The van der Waals surface area contributed by atoms with Gasteiger partial charge in [0.2, 0.25) is 10.0 Å². The molecule has 8 nitrogen and oxygen atoms in total. The predicted octanol–water partition coefficient (Wildman–Crippen LogP) is 4.77. The molecule has 2 aromatic carbocycles. The number of hydrogen-bond acceptors (Lipinski definition) is 6. The lowest BCUT2D eigenvalue weighted by atomic mass is 10.0. The first-order valence-electron chi connectivity index (χ1n) is 11.7. The third-order valence-corrected chi connectivity index (χ3v) is 7.07. The largest absolute Gasteiger partial charge is 0.497 e. The second-order valence-corrected chi connectivity index (χ2v) is 11.1. The smallest absolute Gasteiger partial charge is 0.240 e. The van der Waals surface area contributed by atoms with Crippen LogP contribution in [0.2, 0.25) is 0 Å². The van der Waals surface area contributed by atoms with Crippen LogP contribution in [-0.2, 0) is 15.6 Å². The first-order chi connectivity index (χ1) is 17.2. The van der Waals surface area contributed by atoms with Gasteiger partial charge in [0, 0.05) is 36.6 Å². The summed E-state index contributed by atoms with van der Waals surface area (Å²) in [6.07, 6.45) is 3.78. The van der Waals surface area contributed by atoms with Crippen LogP contribution in [0.4, 0.5) is 5.82 Å². The Morgan fingerprint density at radius 1 is 0.944 bits per heavy atom. The Balaban J connectivity index is 1.54. The van der Waals surface area contributed by atoms with Crippen molar-refractivity contribution in [3.8, 4) is 28.1 Å². The average Bonchev–Trinajstić information content (AvgIpc) is 3.34. The lowest BCUT2D eigenvalue weighted by molar-refractivity contribution is 0.356. The van der Waals surface area contributed by atoms with Gasteiger partial charge < -0.3 is 10.1 Å². The van der Waals surface area contributed by atoms with E-state index in [9.17, 15) is 8.42 Å². The fourth-order valence-electron chi connectivity index (χ4n) is 3.67. The second kappa shape index (κ2) is 10.5. The molecule has 0 spiro atoms. The summed E-state index contributed by atoms with van der Waals surface area (Å²) in [5.74, 6) is 1.41. The van der Waals surface area contributed by atoms with E-state index in [2.05, 4.69) is 35.8 Å². The van der Waals surface area contributed by atoms with Crippen molar-refractivity contribution in [2.75, 3.05) is 25.5 Å². The molecule has 0 fully saturated rings. The van der Waals surface area contributed by atoms with Crippen molar-refractivity contribution in [2.45, 2.75) is 31.2 Å². The number of hydrogen-bond donors (Lipinski definition) is 2. The molecule has 9 heteroatoms. The van der Waals surface area contributed by atoms with Crippen molar-refractivity contribution in [2.24, 2.45) is 0 Å². The highest BCUT2D eigenvalue weighted by Gasteiger charge is 2.20. The molecule has 0 bridgehead atoms. The number of methoxy groups -OCH3 is 1. The van der Waals surface area contributed by atoms with E-state index in [0.717, 1.165) is 28.1 Å². The summed E-state index contributed by atoms with van der Waals surface area (Å²) in [6, 6.07) is 20.0. The molecule has 0 radical (unpaired) electrons. The molecule has 4 aromatic rings. The van der Waals surface area contributed by atoms with Gasteiger partial charge in [-0.2, -0.15) is 5.10 Å². The highest BCUT2D eigenvalue weighted by molar-refractivity contribution is 7.89. The minimum atomic E-state index is -3.55. The van der Waals surface area contributed by atoms with E-state index >= 15 is 0 Å². The molecular weight excluding hydrogens is 474 g/mol. The Bertz CT molecular complexity index is 1430. The van der Waals surface area contributed by atoms with Crippen LogP contribution in [-0.4, -0.2) is 43.4 Å². The SMILES string of the molecule is COc1cccc(-c2nn(C(C)(C)C)cc2-c2ccnc(NCCNS(=O)(=O)c3ccccc3)c2)c1. The predicted molar refractivity (Wildman–Crippen MR) is 143 cm³/mol. The van der Waals surface area contributed by atoms with Crippen LogP contribution in [0.15, 0.2) is 84.0 Å². The Kier molecular flexibility index (Phi) is 7.42. The molecule has 0 amide bonds. The minimum Gasteiger partial charge on any atom is -0.497 e. The van der Waals surface area contributed by atoms with Gasteiger partial charge in [0.1, 0.15) is 17.3 Å². The molecule has 0 aliphatic heterocycles. The Labute approximate surface area is 212 Å². The molecule has 36 heavy (non-hydrogen) atoms. The van der Waals surface area contributed by atoms with Gasteiger partial charge in [0.15, 0.2) is 0 Å². The maximum Gasteiger partial charge on any atom is 0.240 e. The molecule has 0 saturated carbocycles. The van der Waals surface area contributed by atoms with Gasteiger partial charge >= 0.3 is 0 Å². The van der Waals surface area contributed by atoms with E-state index in [4.69, 9.17) is 9.84 Å². The average molecular weight is 506 g/mol. The first kappa shape index (κ1) is 25.4. The first-order valence-corrected chi connectivity index (χ1v) is 13.2. The van der Waals surface area contributed by atoms with Crippen LogP contribution < -0.4 is 14.8 Å². The van der Waals surface area contributed by atoms with Gasteiger partial charge in [-0.25, -0.2) is 18.1 Å². The summed E-state index contributed by atoms with van der Waals surface area (Å²) in [7, 11) is -1.90. The highest BCUT2D eigenvalue weighted by atomic mass is 32.2. The zero-order chi connectivity index (χ0) is 25.8. The molecule has 0 unspecified atom stereocenters. The molecule has 0 saturated heterocycles. The van der Waals surface area contributed by atoms with Crippen LogP contribution >= 0.6 is 0 Å². The van der Waals surface area contributed by atoms with Crippen LogP contribution in [0.5, 0.6) is 5.75 Å². The Hall–Kier alpha value is -3.69. The topological polar surface area (TPSA) is 98.1 Å². The molecule has 0 aliphatic rings. The number of pyridine rings is 1. The number of nitrogens with zero attached hydrogens (tertiary/aromatic N) is 3. The van der Waals surface area contributed by atoms with Gasteiger partial charge in [0.05, 0.1) is 17.5 Å². The normalized spacial score (nSPS) is 11.9. The highest BCUT2D eigenvalue weighted by Crippen LogP contribution is 2.34. The summed E-state index contributed by atoms with van der Waals surface area (Å²) in [4.78, 5) is 4.65. The van der Waals surface area contributed by atoms with Crippen molar-refractivity contribution >= 4 is 15.8 Å². The Morgan fingerprint density at radius 3 is 2.44 bits per heavy atom. The van der Waals surface area contributed by atoms with Crippen molar-refractivity contribution in [1.82, 2.24) is 19.5 Å². The van der Waals surface area contributed by atoms with E-state index in [-0.39, 0.29) is 17.0 Å². The van der Waals surface area contributed by atoms with E-state index in [0.29, 0.717) is 12.4 Å². The van der Waals surface area contributed by atoms with Crippen LogP contribution in [0.25, 0.3) is 22.4 Å². The molecule has 188 valence electrons. The van der Waals surface area contributed by atoms with Crippen molar-refractivity contribution < 1.29 is 13.2 Å².